The maximum Gasteiger partial charge on any atom is 0.371 e. The van der Waals surface area contributed by atoms with E-state index in [1.54, 1.807) is 18.2 Å². The first kappa shape index (κ1) is 11.5. The van der Waals surface area contributed by atoms with Crippen LogP contribution < -0.4 is 4.74 Å². The zero-order valence-electron chi connectivity index (χ0n) is 8.90. The highest BCUT2D eigenvalue weighted by molar-refractivity contribution is 6.32. The summed E-state index contributed by atoms with van der Waals surface area (Å²) >= 11 is 5.97. The molecule has 0 spiro atoms. The summed E-state index contributed by atoms with van der Waals surface area (Å²) in [5.41, 5.74) is 1.34. The summed E-state index contributed by atoms with van der Waals surface area (Å²) in [5, 5.41) is 9.20. The average molecular weight is 253 g/mol. The standard InChI is InChI=1S/C11H9ClN2O3/c1-17-9-3-2-6(4-7(9)12)8-5-13-10(14-8)11(15)16/h2-5H,1H3,(H,13,14)(H,15,16). The van der Waals surface area contributed by atoms with Crippen molar-refractivity contribution in [3.05, 3.63) is 35.2 Å². The number of aromatic carboxylic acids is 1. The van der Waals surface area contributed by atoms with Gasteiger partial charge in [-0.1, -0.05) is 11.6 Å². The molecular weight excluding hydrogens is 244 g/mol. The van der Waals surface area contributed by atoms with Crippen LogP contribution in [0.4, 0.5) is 0 Å². The monoisotopic (exact) mass is 252 g/mol. The number of carbonyl (C=O) groups is 1. The summed E-state index contributed by atoms with van der Waals surface area (Å²) in [4.78, 5) is 17.1. The minimum Gasteiger partial charge on any atom is -0.495 e. The quantitative estimate of drug-likeness (QED) is 0.880. The highest BCUT2D eigenvalue weighted by atomic mass is 35.5. The molecule has 2 aromatic rings. The number of ether oxygens (including phenoxy) is 1. The Morgan fingerprint density at radius 1 is 1.53 bits per heavy atom. The fraction of sp³-hybridized carbons (Fsp3) is 0.0909. The van der Waals surface area contributed by atoms with Gasteiger partial charge in [0.15, 0.2) is 0 Å². The zero-order chi connectivity index (χ0) is 12.4. The molecule has 0 atom stereocenters. The van der Waals surface area contributed by atoms with Gasteiger partial charge in [-0.05, 0) is 18.2 Å². The molecule has 1 aromatic carbocycles. The van der Waals surface area contributed by atoms with Crippen LogP contribution in [0, 0.1) is 0 Å². The summed E-state index contributed by atoms with van der Waals surface area (Å²) in [6.07, 6.45) is 1.45. The first-order chi connectivity index (χ1) is 8.11. The Labute approximate surface area is 102 Å². The predicted octanol–water partition coefficient (Wildman–Crippen LogP) is 2.44. The lowest BCUT2D eigenvalue weighted by Crippen LogP contribution is -1.98. The molecule has 0 aliphatic rings. The Morgan fingerprint density at radius 2 is 2.29 bits per heavy atom. The van der Waals surface area contributed by atoms with E-state index in [0.717, 1.165) is 5.56 Å². The molecule has 0 fully saturated rings. The molecule has 5 nitrogen and oxygen atoms in total. The lowest BCUT2D eigenvalue weighted by molar-refractivity contribution is 0.0685. The number of rotatable bonds is 3. The topological polar surface area (TPSA) is 75.2 Å². The van der Waals surface area contributed by atoms with E-state index < -0.39 is 5.97 Å². The van der Waals surface area contributed by atoms with E-state index in [1.807, 2.05) is 0 Å². The number of aromatic amines is 1. The molecule has 1 aromatic heterocycles. The van der Waals surface area contributed by atoms with Gasteiger partial charge in [-0.25, -0.2) is 9.78 Å². The predicted molar refractivity (Wildman–Crippen MR) is 62.5 cm³/mol. The van der Waals surface area contributed by atoms with Crippen molar-refractivity contribution in [2.24, 2.45) is 0 Å². The van der Waals surface area contributed by atoms with Crippen LogP contribution in [0.25, 0.3) is 11.3 Å². The average Bonchev–Trinajstić information content (AvgIpc) is 2.78. The van der Waals surface area contributed by atoms with Crippen molar-refractivity contribution in [3.8, 4) is 17.0 Å². The SMILES string of the molecule is COc1ccc(-c2cnc(C(=O)O)[nH]2)cc1Cl. The number of benzene rings is 1. The lowest BCUT2D eigenvalue weighted by Gasteiger charge is -2.04. The first-order valence-electron chi connectivity index (χ1n) is 4.74. The Kier molecular flexibility index (Phi) is 3.01. The second kappa shape index (κ2) is 4.47. The molecule has 0 saturated carbocycles. The molecule has 88 valence electrons. The molecule has 0 amide bonds. The number of carboxylic acid groups (broad SMARTS) is 1. The fourth-order valence-electron chi connectivity index (χ4n) is 1.41. The Hall–Kier alpha value is -2.01. The molecule has 0 radical (unpaired) electrons. The number of nitrogens with zero attached hydrogens (tertiary/aromatic N) is 1. The van der Waals surface area contributed by atoms with E-state index in [1.165, 1.54) is 13.3 Å². The maximum absolute atomic E-state index is 10.7. The number of carboxylic acids is 1. The Bertz CT molecular complexity index is 566. The van der Waals surface area contributed by atoms with E-state index in [0.29, 0.717) is 16.5 Å². The van der Waals surface area contributed by atoms with Gasteiger partial charge in [0.1, 0.15) is 5.75 Å². The van der Waals surface area contributed by atoms with Crippen molar-refractivity contribution in [1.82, 2.24) is 9.97 Å². The first-order valence-corrected chi connectivity index (χ1v) is 5.12. The van der Waals surface area contributed by atoms with Gasteiger partial charge in [0.05, 0.1) is 24.0 Å². The van der Waals surface area contributed by atoms with Crippen LogP contribution in [0.5, 0.6) is 5.75 Å². The molecule has 0 unspecified atom stereocenters. The van der Waals surface area contributed by atoms with Gasteiger partial charge in [-0.3, -0.25) is 0 Å². The van der Waals surface area contributed by atoms with Crippen LogP contribution in [-0.4, -0.2) is 28.2 Å². The van der Waals surface area contributed by atoms with Gasteiger partial charge >= 0.3 is 5.97 Å². The molecule has 2 N–H and O–H groups in total. The van der Waals surface area contributed by atoms with Gasteiger partial charge in [0.25, 0.3) is 0 Å². The van der Waals surface area contributed by atoms with Crippen LogP contribution >= 0.6 is 11.6 Å². The van der Waals surface area contributed by atoms with Crippen molar-refractivity contribution < 1.29 is 14.6 Å². The summed E-state index contributed by atoms with van der Waals surface area (Å²) in [6, 6.07) is 5.16. The van der Waals surface area contributed by atoms with E-state index in [4.69, 9.17) is 21.4 Å². The number of halogens is 1. The third-order valence-corrected chi connectivity index (χ3v) is 2.54. The molecule has 0 saturated heterocycles. The number of hydrogen-bond donors (Lipinski definition) is 2. The second-order valence-corrected chi connectivity index (χ2v) is 3.71. The van der Waals surface area contributed by atoms with Crippen molar-refractivity contribution in [3.63, 3.8) is 0 Å². The fourth-order valence-corrected chi connectivity index (χ4v) is 1.67. The lowest BCUT2D eigenvalue weighted by atomic mass is 10.1. The highest BCUT2D eigenvalue weighted by Gasteiger charge is 2.10. The highest BCUT2D eigenvalue weighted by Crippen LogP contribution is 2.29. The molecule has 0 aliphatic heterocycles. The van der Waals surface area contributed by atoms with Crippen LogP contribution in [-0.2, 0) is 0 Å². The van der Waals surface area contributed by atoms with Crippen LogP contribution in [0.15, 0.2) is 24.4 Å². The van der Waals surface area contributed by atoms with Gasteiger partial charge < -0.3 is 14.8 Å². The molecule has 0 aliphatic carbocycles. The van der Waals surface area contributed by atoms with E-state index in [2.05, 4.69) is 9.97 Å². The van der Waals surface area contributed by atoms with E-state index in [9.17, 15) is 4.79 Å². The number of aromatic nitrogens is 2. The molecule has 0 bridgehead atoms. The number of H-pyrrole nitrogens is 1. The number of nitrogens with one attached hydrogen (secondary N) is 1. The number of hydrogen-bond acceptors (Lipinski definition) is 3. The number of methoxy groups -OCH3 is 1. The van der Waals surface area contributed by atoms with Gasteiger partial charge in [-0.15, -0.1) is 0 Å². The summed E-state index contributed by atoms with van der Waals surface area (Å²) in [5.74, 6) is -0.642. The third-order valence-electron chi connectivity index (χ3n) is 2.24. The molecule has 1 heterocycles. The maximum atomic E-state index is 10.7. The summed E-state index contributed by atoms with van der Waals surface area (Å²) in [7, 11) is 1.53. The largest absolute Gasteiger partial charge is 0.495 e. The van der Waals surface area contributed by atoms with E-state index >= 15 is 0 Å². The molecular formula is C11H9ClN2O3. The number of imidazole rings is 1. The summed E-state index contributed by atoms with van der Waals surface area (Å²) < 4.78 is 5.03. The minimum atomic E-state index is -1.10. The third kappa shape index (κ3) is 2.24. The van der Waals surface area contributed by atoms with E-state index in [-0.39, 0.29) is 5.82 Å². The zero-order valence-corrected chi connectivity index (χ0v) is 9.65. The smallest absolute Gasteiger partial charge is 0.371 e. The van der Waals surface area contributed by atoms with Gasteiger partial charge in [-0.2, -0.15) is 0 Å². The van der Waals surface area contributed by atoms with Crippen LogP contribution in [0.3, 0.4) is 0 Å². The van der Waals surface area contributed by atoms with Gasteiger partial charge in [0, 0.05) is 5.56 Å². The van der Waals surface area contributed by atoms with Gasteiger partial charge in [0.2, 0.25) is 5.82 Å². The molecule has 6 heteroatoms. The molecule has 17 heavy (non-hydrogen) atoms. The van der Waals surface area contributed by atoms with Crippen molar-refractivity contribution in [1.29, 1.82) is 0 Å². The van der Waals surface area contributed by atoms with Crippen LogP contribution in [0.1, 0.15) is 10.6 Å². The Balaban J connectivity index is 2.39. The minimum absolute atomic E-state index is 0.105. The Morgan fingerprint density at radius 3 is 2.82 bits per heavy atom. The van der Waals surface area contributed by atoms with Crippen LogP contribution in [0.2, 0.25) is 5.02 Å². The summed E-state index contributed by atoms with van der Waals surface area (Å²) in [6.45, 7) is 0. The van der Waals surface area contributed by atoms with Crippen molar-refractivity contribution in [2.45, 2.75) is 0 Å². The van der Waals surface area contributed by atoms with Crippen molar-refractivity contribution in [2.75, 3.05) is 7.11 Å². The normalized spacial score (nSPS) is 10.2. The second-order valence-electron chi connectivity index (χ2n) is 3.30. The van der Waals surface area contributed by atoms with Crippen molar-refractivity contribution >= 4 is 17.6 Å². The molecule has 2 rings (SSSR count).